The Morgan fingerprint density at radius 3 is 2.28 bits per heavy atom. The number of fused-ring (bicyclic) bond motifs is 1. The number of nitrogens with one attached hydrogen (secondary N) is 2. The minimum atomic E-state index is -0.409. The molecule has 0 aliphatic rings. The first kappa shape index (κ1) is 16.8. The van der Waals surface area contributed by atoms with E-state index in [9.17, 15) is 4.79 Å². The lowest BCUT2D eigenvalue weighted by Crippen LogP contribution is -2.19. The van der Waals surface area contributed by atoms with Crippen LogP contribution >= 0.6 is 11.3 Å². The molecule has 25 heavy (non-hydrogen) atoms. The zero-order chi connectivity index (χ0) is 17.8. The topological polar surface area (TPSA) is 81.7 Å². The van der Waals surface area contributed by atoms with Gasteiger partial charge in [0.15, 0.2) is 16.6 Å². The molecule has 130 valence electrons. The van der Waals surface area contributed by atoms with Gasteiger partial charge in [0.25, 0.3) is 0 Å². The molecular formula is C17H17N3O4S. The summed E-state index contributed by atoms with van der Waals surface area (Å²) in [7, 11) is 4.55. The van der Waals surface area contributed by atoms with E-state index in [2.05, 4.69) is 15.6 Å². The monoisotopic (exact) mass is 359 g/mol. The molecule has 0 bridgehead atoms. The Kier molecular flexibility index (Phi) is 4.90. The van der Waals surface area contributed by atoms with Crippen molar-refractivity contribution in [1.29, 1.82) is 0 Å². The molecule has 2 aromatic carbocycles. The Morgan fingerprint density at radius 1 is 1.00 bits per heavy atom. The first-order chi connectivity index (χ1) is 12.1. The third kappa shape index (κ3) is 3.58. The number of aromatic nitrogens is 1. The first-order valence-electron chi connectivity index (χ1n) is 7.38. The van der Waals surface area contributed by atoms with Crippen LogP contribution in [0.4, 0.5) is 15.6 Å². The summed E-state index contributed by atoms with van der Waals surface area (Å²) in [6, 6.07) is 10.6. The zero-order valence-electron chi connectivity index (χ0n) is 14.0. The van der Waals surface area contributed by atoms with E-state index < -0.39 is 6.03 Å². The molecule has 0 saturated heterocycles. The van der Waals surface area contributed by atoms with Gasteiger partial charge in [-0.2, -0.15) is 0 Å². The SMILES string of the molecule is COc1cc(NC(=O)Nc2nc3ccccc3s2)cc(OC)c1OC. The Labute approximate surface area is 148 Å². The van der Waals surface area contributed by atoms with Crippen molar-refractivity contribution in [3.8, 4) is 17.2 Å². The summed E-state index contributed by atoms with van der Waals surface area (Å²) < 4.78 is 16.8. The number of thiazole rings is 1. The van der Waals surface area contributed by atoms with Gasteiger partial charge >= 0.3 is 6.03 Å². The van der Waals surface area contributed by atoms with Crippen LogP contribution in [0.5, 0.6) is 17.2 Å². The Balaban J connectivity index is 1.78. The molecular weight excluding hydrogens is 342 g/mol. The second-order valence-corrected chi connectivity index (χ2v) is 6.01. The molecule has 0 aliphatic heterocycles. The summed E-state index contributed by atoms with van der Waals surface area (Å²) in [5.41, 5.74) is 1.35. The van der Waals surface area contributed by atoms with Crippen LogP contribution in [0.1, 0.15) is 0 Å². The van der Waals surface area contributed by atoms with Gasteiger partial charge in [-0.1, -0.05) is 23.5 Å². The number of carbonyl (C=O) groups excluding carboxylic acids is 1. The Morgan fingerprint density at radius 2 is 1.68 bits per heavy atom. The molecule has 2 amide bonds. The maximum Gasteiger partial charge on any atom is 0.325 e. The number of anilines is 2. The maximum atomic E-state index is 12.2. The lowest BCUT2D eigenvalue weighted by Gasteiger charge is -2.14. The van der Waals surface area contributed by atoms with Gasteiger partial charge in [-0.25, -0.2) is 9.78 Å². The van der Waals surface area contributed by atoms with Gasteiger partial charge in [-0.3, -0.25) is 5.32 Å². The highest BCUT2D eigenvalue weighted by molar-refractivity contribution is 7.22. The normalized spacial score (nSPS) is 10.4. The molecule has 0 aliphatic carbocycles. The summed E-state index contributed by atoms with van der Waals surface area (Å²) in [6.45, 7) is 0. The number of hydrogen-bond acceptors (Lipinski definition) is 6. The van der Waals surface area contributed by atoms with Crippen LogP contribution in [0.2, 0.25) is 0 Å². The Hall–Kier alpha value is -3.00. The number of amides is 2. The molecule has 7 nitrogen and oxygen atoms in total. The van der Waals surface area contributed by atoms with Crippen LogP contribution in [0.15, 0.2) is 36.4 Å². The van der Waals surface area contributed by atoms with E-state index in [1.54, 1.807) is 12.1 Å². The maximum absolute atomic E-state index is 12.2. The van der Waals surface area contributed by atoms with Crippen LogP contribution in [0.25, 0.3) is 10.2 Å². The number of benzene rings is 2. The summed E-state index contributed by atoms with van der Waals surface area (Å²) in [4.78, 5) is 16.6. The number of rotatable bonds is 5. The molecule has 0 spiro atoms. The van der Waals surface area contributed by atoms with E-state index in [0.29, 0.717) is 28.1 Å². The number of ether oxygens (including phenoxy) is 3. The summed E-state index contributed by atoms with van der Waals surface area (Å²) in [5.74, 6) is 1.37. The largest absolute Gasteiger partial charge is 0.493 e. The standard InChI is InChI=1S/C17H17N3O4S/c1-22-12-8-10(9-13(23-2)15(12)24-3)18-16(21)20-17-19-11-6-4-5-7-14(11)25-17/h4-9H,1-3H3,(H2,18,19,20,21). The lowest BCUT2D eigenvalue weighted by molar-refractivity contribution is 0.262. The number of nitrogens with zero attached hydrogens (tertiary/aromatic N) is 1. The van der Waals surface area contributed by atoms with Crippen molar-refractivity contribution in [2.45, 2.75) is 0 Å². The zero-order valence-corrected chi connectivity index (χ0v) is 14.8. The van der Waals surface area contributed by atoms with Crippen LogP contribution in [0, 0.1) is 0 Å². The molecule has 0 radical (unpaired) electrons. The van der Waals surface area contributed by atoms with E-state index in [1.807, 2.05) is 24.3 Å². The quantitative estimate of drug-likeness (QED) is 0.720. The van der Waals surface area contributed by atoms with Gasteiger partial charge in [0.1, 0.15) is 0 Å². The third-order valence-corrected chi connectivity index (χ3v) is 4.39. The molecule has 8 heteroatoms. The number of para-hydroxylation sites is 1. The number of hydrogen-bond donors (Lipinski definition) is 2. The van der Waals surface area contributed by atoms with Crippen molar-refractivity contribution >= 4 is 38.4 Å². The van der Waals surface area contributed by atoms with E-state index in [0.717, 1.165) is 10.2 Å². The van der Waals surface area contributed by atoms with E-state index in [4.69, 9.17) is 14.2 Å². The van der Waals surface area contributed by atoms with Crippen molar-refractivity contribution < 1.29 is 19.0 Å². The molecule has 0 unspecified atom stereocenters. The highest BCUT2D eigenvalue weighted by atomic mass is 32.1. The van der Waals surface area contributed by atoms with E-state index in [1.165, 1.54) is 32.7 Å². The van der Waals surface area contributed by atoms with Gasteiger partial charge in [0.05, 0.1) is 37.2 Å². The number of carbonyl (C=O) groups is 1. The fourth-order valence-electron chi connectivity index (χ4n) is 2.34. The molecule has 0 fully saturated rings. The van der Waals surface area contributed by atoms with Crippen molar-refractivity contribution in [2.24, 2.45) is 0 Å². The van der Waals surface area contributed by atoms with Crippen molar-refractivity contribution in [1.82, 2.24) is 4.98 Å². The van der Waals surface area contributed by atoms with Crippen molar-refractivity contribution in [3.05, 3.63) is 36.4 Å². The Bertz CT molecular complexity index is 852. The number of urea groups is 1. The fourth-order valence-corrected chi connectivity index (χ4v) is 3.20. The predicted molar refractivity (Wildman–Crippen MR) is 98.4 cm³/mol. The van der Waals surface area contributed by atoms with Gasteiger partial charge in [0, 0.05) is 12.1 Å². The summed E-state index contributed by atoms with van der Waals surface area (Å²) in [5, 5.41) is 5.98. The highest BCUT2D eigenvalue weighted by Crippen LogP contribution is 2.40. The predicted octanol–water partition coefficient (Wildman–Crippen LogP) is 3.97. The number of methoxy groups -OCH3 is 3. The molecule has 1 aromatic heterocycles. The third-order valence-electron chi connectivity index (χ3n) is 3.44. The lowest BCUT2D eigenvalue weighted by atomic mass is 10.2. The van der Waals surface area contributed by atoms with Gasteiger partial charge < -0.3 is 19.5 Å². The van der Waals surface area contributed by atoms with Gasteiger partial charge in [-0.05, 0) is 12.1 Å². The highest BCUT2D eigenvalue weighted by Gasteiger charge is 2.15. The minimum Gasteiger partial charge on any atom is -0.493 e. The van der Waals surface area contributed by atoms with E-state index in [-0.39, 0.29) is 0 Å². The minimum absolute atomic E-state index is 0.409. The molecule has 3 aromatic rings. The summed E-state index contributed by atoms with van der Waals surface area (Å²) in [6.07, 6.45) is 0. The van der Waals surface area contributed by atoms with Crippen molar-refractivity contribution in [3.63, 3.8) is 0 Å². The molecule has 0 atom stereocenters. The van der Waals surface area contributed by atoms with Gasteiger partial charge in [0.2, 0.25) is 5.75 Å². The van der Waals surface area contributed by atoms with Crippen molar-refractivity contribution in [2.75, 3.05) is 32.0 Å². The van der Waals surface area contributed by atoms with E-state index >= 15 is 0 Å². The second-order valence-electron chi connectivity index (χ2n) is 4.98. The molecule has 0 saturated carbocycles. The average Bonchev–Trinajstić information content (AvgIpc) is 3.02. The molecule has 3 rings (SSSR count). The van der Waals surface area contributed by atoms with Crippen LogP contribution in [0.3, 0.4) is 0 Å². The second kappa shape index (κ2) is 7.27. The van der Waals surface area contributed by atoms with Crippen LogP contribution in [-0.2, 0) is 0 Å². The first-order valence-corrected chi connectivity index (χ1v) is 8.20. The van der Waals surface area contributed by atoms with Crippen LogP contribution < -0.4 is 24.8 Å². The fraction of sp³-hybridized carbons (Fsp3) is 0.176. The average molecular weight is 359 g/mol. The molecule has 2 N–H and O–H groups in total. The smallest absolute Gasteiger partial charge is 0.325 e. The van der Waals surface area contributed by atoms with Gasteiger partial charge in [-0.15, -0.1) is 0 Å². The summed E-state index contributed by atoms with van der Waals surface area (Å²) >= 11 is 1.41. The van der Waals surface area contributed by atoms with Crippen LogP contribution in [-0.4, -0.2) is 32.3 Å². The molecule has 1 heterocycles.